The summed E-state index contributed by atoms with van der Waals surface area (Å²) in [5, 5.41) is 13.2. The molecule has 1 amide bonds. The molecule has 0 aliphatic rings. The molecule has 4 aromatic carbocycles. The maximum atomic E-state index is 13.2. The highest BCUT2D eigenvalue weighted by Crippen LogP contribution is 2.36. The number of imidazole rings is 1. The van der Waals surface area contributed by atoms with Crippen molar-refractivity contribution in [3.63, 3.8) is 0 Å². The number of methoxy groups -OCH3 is 1. The second-order valence-corrected chi connectivity index (χ2v) is 8.90. The highest BCUT2D eigenvalue weighted by atomic mass is 16.5. The van der Waals surface area contributed by atoms with Gasteiger partial charge in [0.05, 0.1) is 30.3 Å². The number of rotatable bonds is 9. The van der Waals surface area contributed by atoms with Crippen molar-refractivity contribution in [1.82, 2.24) is 15.0 Å². The molecule has 0 spiro atoms. The molecule has 0 aliphatic carbocycles. The van der Waals surface area contributed by atoms with Crippen LogP contribution < -0.4 is 10.2 Å². The van der Waals surface area contributed by atoms with Crippen LogP contribution in [0.5, 0.6) is 5.75 Å². The zero-order valence-corrected chi connectivity index (χ0v) is 21.7. The highest BCUT2D eigenvalue weighted by Gasteiger charge is 2.22. The van der Waals surface area contributed by atoms with Crippen molar-refractivity contribution < 1.29 is 19.4 Å². The van der Waals surface area contributed by atoms with Crippen LogP contribution in [0.3, 0.4) is 0 Å². The predicted molar refractivity (Wildman–Crippen MR) is 154 cm³/mol. The number of amides is 1. The fourth-order valence-electron chi connectivity index (χ4n) is 4.32. The second kappa shape index (κ2) is 11.9. The maximum Gasteiger partial charge on any atom is 0.335 e. The van der Waals surface area contributed by atoms with Gasteiger partial charge < -0.3 is 14.4 Å². The zero-order chi connectivity index (χ0) is 27.9. The van der Waals surface area contributed by atoms with Crippen molar-refractivity contribution in [2.75, 3.05) is 7.11 Å². The normalized spacial score (nSPS) is 10.9. The van der Waals surface area contributed by atoms with E-state index in [0.29, 0.717) is 11.4 Å². The minimum absolute atomic E-state index is 0.0410. The Morgan fingerprint density at radius 2 is 1.48 bits per heavy atom. The number of benzene rings is 4. The lowest BCUT2D eigenvalue weighted by Crippen LogP contribution is -2.24. The fourth-order valence-corrected chi connectivity index (χ4v) is 4.32. The molecular formula is C32H26N4O4. The lowest BCUT2D eigenvalue weighted by Gasteiger charge is -2.13. The number of carboxylic acid groups (broad SMARTS) is 1. The summed E-state index contributed by atoms with van der Waals surface area (Å²) >= 11 is 0. The van der Waals surface area contributed by atoms with Gasteiger partial charge in [0, 0.05) is 16.7 Å². The summed E-state index contributed by atoms with van der Waals surface area (Å²) < 4.78 is 7.22. The molecule has 8 heteroatoms. The summed E-state index contributed by atoms with van der Waals surface area (Å²) in [5.74, 6) is -0.00289. The van der Waals surface area contributed by atoms with Crippen LogP contribution in [0.1, 0.15) is 15.9 Å². The first kappa shape index (κ1) is 26.1. The molecule has 0 radical (unpaired) electrons. The van der Waals surface area contributed by atoms with Gasteiger partial charge in [-0.2, -0.15) is 5.10 Å². The molecule has 0 aliphatic heterocycles. The van der Waals surface area contributed by atoms with Gasteiger partial charge in [0.15, 0.2) is 0 Å². The van der Waals surface area contributed by atoms with E-state index in [1.807, 2.05) is 89.5 Å². The number of aromatic nitrogens is 2. The van der Waals surface area contributed by atoms with Crippen molar-refractivity contribution in [3.8, 4) is 39.7 Å². The van der Waals surface area contributed by atoms with Crippen LogP contribution in [0, 0.1) is 0 Å². The Labute approximate surface area is 231 Å². The molecule has 1 heterocycles. The molecule has 0 saturated carbocycles. The van der Waals surface area contributed by atoms with Crippen molar-refractivity contribution in [2.45, 2.75) is 6.54 Å². The minimum Gasteiger partial charge on any atom is -0.497 e. The Balaban J connectivity index is 1.53. The summed E-state index contributed by atoms with van der Waals surface area (Å²) in [6.45, 7) is -0.0410. The van der Waals surface area contributed by atoms with Crippen molar-refractivity contribution in [2.24, 2.45) is 5.10 Å². The molecule has 5 rings (SSSR count). The quantitative estimate of drug-likeness (QED) is 0.187. The van der Waals surface area contributed by atoms with E-state index in [0.717, 1.165) is 33.8 Å². The Morgan fingerprint density at radius 3 is 2.08 bits per heavy atom. The SMILES string of the molecule is COc1ccc(-c2nc(-c3ccccc3)c(-c3ccccc3)n2CC(=O)NN=Cc2ccc(C(=O)O)cc2)cc1. The summed E-state index contributed by atoms with van der Waals surface area (Å²) in [6, 6.07) is 33.5. The third kappa shape index (κ3) is 5.81. The van der Waals surface area contributed by atoms with E-state index in [2.05, 4.69) is 10.5 Å². The summed E-state index contributed by atoms with van der Waals surface area (Å²) in [4.78, 5) is 29.3. The topological polar surface area (TPSA) is 106 Å². The van der Waals surface area contributed by atoms with Gasteiger partial charge in [-0.25, -0.2) is 15.2 Å². The first-order valence-corrected chi connectivity index (χ1v) is 12.5. The Kier molecular flexibility index (Phi) is 7.78. The van der Waals surface area contributed by atoms with E-state index in [1.165, 1.54) is 18.3 Å². The summed E-state index contributed by atoms with van der Waals surface area (Å²) in [5.41, 5.74) is 7.66. The van der Waals surface area contributed by atoms with Gasteiger partial charge in [-0.1, -0.05) is 72.8 Å². The smallest absolute Gasteiger partial charge is 0.335 e. The number of hydrogen-bond donors (Lipinski definition) is 2. The molecular weight excluding hydrogens is 504 g/mol. The van der Waals surface area contributed by atoms with Crippen molar-refractivity contribution in [3.05, 3.63) is 120 Å². The lowest BCUT2D eigenvalue weighted by molar-refractivity contribution is -0.121. The summed E-state index contributed by atoms with van der Waals surface area (Å²) in [7, 11) is 1.61. The van der Waals surface area contributed by atoms with E-state index in [4.69, 9.17) is 14.8 Å². The van der Waals surface area contributed by atoms with E-state index < -0.39 is 5.97 Å². The third-order valence-corrected chi connectivity index (χ3v) is 6.27. The molecule has 0 bridgehead atoms. The first-order chi connectivity index (χ1) is 19.5. The number of nitrogens with zero attached hydrogens (tertiary/aromatic N) is 3. The maximum absolute atomic E-state index is 13.2. The molecule has 1 aromatic heterocycles. The van der Waals surface area contributed by atoms with Crippen LogP contribution in [0.15, 0.2) is 114 Å². The second-order valence-electron chi connectivity index (χ2n) is 8.90. The number of ether oxygens (including phenoxy) is 1. The van der Waals surface area contributed by atoms with Crippen molar-refractivity contribution >= 4 is 18.1 Å². The average Bonchev–Trinajstić information content (AvgIpc) is 3.37. The molecule has 2 N–H and O–H groups in total. The van der Waals surface area contributed by atoms with Crippen molar-refractivity contribution in [1.29, 1.82) is 0 Å². The Hall–Kier alpha value is -5.50. The van der Waals surface area contributed by atoms with Gasteiger partial charge in [-0.05, 0) is 42.0 Å². The highest BCUT2D eigenvalue weighted by molar-refractivity contribution is 5.90. The van der Waals surface area contributed by atoms with Crippen LogP contribution in [0.25, 0.3) is 33.9 Å². The van der Waals surface area contributed by atoms with Crippen LogP contribution in [0.2, 0.25) is 0 Å². The van der Waals surface area contributed by atoms with Gasteiger partial charge in [0.2, 0.25) is 0 Å². The number of carboxylic acids is 1. The fraction of sp³-hybridized carbons (Fsp3) is 0.0625. The van der Waals surface area contributed by atoms with Crippen LogP contribution in [-0.2, 0) is 11.3 Å². The van der Waals surface area contributed by atoms with E-state index in [1.54, 1.807) is 19.2 Å². The summed E-state index contributed by atoms with van der Waals surface area (Å²) in [6.07, 6.45) is 1.47. The van der Waals surface area contributed by atoms with E-state index in [-0.39, 0.29) is 18.0 Å². The lowest BCUT2D eigenvalue weighted by atomic mass is 10.0. The van der Waals surface area contributed by atoms with Crippen LogP contribution in [0.4, 0.5) is 0 Å². The number of aromatic carboxylic acids is 1. The Morgan fingerprint density at radius 1 is 0.850 bits per heavy atom. The minimum atomic E-state index is -1.01. The van der Waals surface area contributed by atoms with Crippen LogP contribution in [-0.4, -0.2) is 39.9 Å². The van der Waals surface area contributed by atoms with Gasteiger partial charge in [0.1, 0.15) is 18.1 Å². The van der Waals surface area contributed by atoms with Gasteiger partial charge >= 0.3 is 5.97 Å². The number of carbonyl (C=O) groups is 2. The number of hydrazone groups is 1. The zero-order valence-electron chi connectivity index (χ0n) is 21.7. The van der Waals surface area contributed by atoms with E-state index in [9.17, 15) is 9.59 Å². The van der Waals surface area contributed by atoms with Gasteiger partial charge in [-0.3, -0.25) is 4.79 Å². The molecule has 0 unspecified atom stereocenters. The van der Waals surface area contributed by atoms with E-state index >= 15 is 0 Å². The van der Waals surface area contributed by atoms with Gasteiger partial charge in [-0.15, -0.1) is 0 Å². The number of nitrogens with one attached hydrogen (secondary N) is 1. The standard InChI is InChI=1S/C32H26N4O4/c1-40-27-18-16-25(17-19-27)31-34-29(23-8-4-2-5-9-23)30(24-10-6-3-7-11-24)36(31)21-28(37)35-33-20-22-12-14-26(15-13-22)32(38)39/h2-20H,21H2,1H3,(H,35,37)(H,38,39). The molecule has 40 heavy (non-hydrogen) atoms. The monoisotopic (exact) mass is 530 g/mol. The Bertz CT molecular complexity index is 1640. The average molecular weight is 531 g/mol. The molecule has 198 valence electrons. The molecule has 0 saturated heterocycles. The number of hydrogen-bond acceptors (Lipinski definition) is 5. The molecule has 0 fully saturated rings. The number of carbonyl (C=O) groups excluding carboxylic acids is 1. The van der Waals surface area contributed by atoms with Gasteiger partial charge in [0.25, 0.3) is 5.91 Å². The predicted octanol–water partition coefficient (Wildman–Crippen LogP) is 5.74. The molecule has 8 nitrogen and oxygen atoms in total. The molecule has 5 aromatic rings. The molecule has 0 atom stereocenters. The first-order valence-electron chi connectivity index (χ1n) is 12.5. The third-order valence-electron chi connectivity index (χ3n) is 6.27. The van der Waals surface area contributed by atoms with Crippen LogP contribution >= 0.6 is 0 Å². The largest absolute Gasteiger partial charge is 0.497 e.